The first kappa shape index (κ1) is 20.9. The lowest BCUT2D eigenvalue weighted by Crippen LogP contribution is -2.39. The second kappa shape index (κ2) is 10.7. The molecule has 0 saturated carbocycles. The third-order valence-corrected chi connectivity index (χ3v) is 4.62. The number of unbranched alkanes of at least 4 members (excludes halogenated alkanes) is 1. The molecule has 1 aromatic heterocycles. The van der Waals surface area contributed by atoms with Gasteiger partial charge in [-0.1, -0.05) is 60.8 Å². The maximum atomic E-state index is 4.73. The summed E-state index contributed by atoms with van der Waals surface area (Å²) in [5, 5.41) is 0. The van der Waals surface area contributed by atoms with E-state index in [1.54, 1.807) is 6.33 Å². The van der Waals surface area contributed by atoms with E-state index in [0.29, 0.717) is 11.5 Å². The van der Waals surface area contributed by atoms with E-state index in [1.807, 2.05) is 6.20 Å². The average molecular weight is 334 g/mol. The standard InChI is InChI=1S/C21H39N3/c1-7-10-13-18-16-22-17-23-20(18)24(15-14-21(4,5)6)19(11-8-2)12-9-3/h16-17,19H,7-15H2,1-6H3. The quantitative estimate of drug-likeness (QED) is 0.495. The van der Waals surface area contributed by atoms with Crippen molar-refractivity contribution in [2.45, 2.75) is 99.0 Å². The van der Waals surface area contributed by atoms with Crippen LogP contribution in [0.1, 0.15) is 92.1 Å². The molecule has 0 atom stereocenters. The zero-order chi connectivity index (χ0) is 18.0. The van der Waals surface area contributed by atoms with Crippen molar-refractivity contribution >= 4 is 5.82 Å². The summed E-state index contributed by atoms with van der Waals surface area (Å²) in [6, 6.07) is 0.595. The van der Waals surface area contributed by atoms with Crippen molar-refractivity contribution < 1.29 is 0 Å². The summed E-state index contributed by atoms with van der Waals surface area (Å²) < 4.78 is 0. The van der Waals surface area contributed by atoms with Gasteiger partial charge < -0.3 is 4.90 Å². The Balaban J connectivity index is 3.10. The first-order chi connectivity index (χ1) is 11.4. The molecule has 138 valence electrons. The monoisotopic (exact) mass is 333 g/mol. The molecule has 3 heteroatoms. The highest BCUT2D eigenvalue weighted by Gasteiger charge is 2.23. The van der Waals surface area contributed by atoms with Gasteiger partial charge in [-0.15, -0.1) is 0 Å². The fourth-order valence-corrected chi connectivity index (χ4v) is 3.19. The minimum atomic E-state index is 0.345. The molecule has 0 N–H and O–H groups in total. The van der Waals surface area contributed by atoms with Crippen LogP contribution in [-0.4, -0.2) is 22.6 Å². The first-order valence-electron chi connectivity index (χ1n) is 9.98. The number of hydrogen-bond acceptors (Lipinski definition) is 3. The van der Waals surface area contributed by atoms with Crippen LogP contribution in [0.25, 0.3) is 0 Å². The lowest BCUT2D eigenvalue weighted by atomic mass is 9.91. The van der Waals surface area contributed by atoms with Crippen LogP contribution in [0.3, 0.4) is 0 Å². The van der Waals surface area contributed by atoms with E-state index >= 15 is 0 Å². The van der Waals surface area contributed by atoms with E-state index in [9.17, 15) is 0 Å². The molecule has 24 heavy (non-hydrogen) atoms. The zero-order valence-corrected chi connectivity index (χ0v) is 16.9. The van der Waals surface area contributed by atoms with Gasteiger partial charge in [0.05, 0.1) is 0 Å². The lowest BCUT2D eigenvalue weighted by Gasteiger charge is -2.36. The molecular formula is C21H39N3. The van der Waals surface area contributed by atoms with E-state index in [1.165, 1.54) is 56.3 Å². The van der Waals surface area contributed by atoms with Crippen molar-refractivity contribution in [1.82, 2.24) is 9.97 Å². The summed E-state index contributed by atoms with van der Waals surface area (Å²) in [4.78, 5) is 11.6. The third kappa shape index (κ3) is 7.19. The minimum absolute atomic E-state index is 0.345. The van der Waals surface area contributed by atoms with Crippen LogP contribution in [-0.2, 0) is 6.42 Å². The molecule has 1 rings (SSSR count). The Hall–Kier alpha value is -1.12. The van der Waals surface area contributed by atoms with E-state index in [-0.39, 0.29) is 0 Å². The summed E-state index contributed by atoms with van der Waals surface area (Å²) in [6.07, 6.45) is 13.4. The Morgan fingerprint density at radius 1 is 1.04 bits per heavy atom. The number of nitrogens with zero attached hydrogens (tertiary/aromatic N) is 3. The van der Waals surface area contributed by atoms with Crippen molar-refractivity contribution in [2.24, 2.45) is 5.41 Å². The largest absolute Gasteiger partial charge is 0.353 e. The molecule has 0 aliphatic heterocycles. The second-order valence-electron chi connectivity index (χ2n) is 8.21. The van der Waals surface area contributed by atoms with E-state index < -0.39 is 0 Å². The first-order valence-corrected chi connectivity index (χ1v) is 9.98. The normalized spacial score (nSPS) is 12.0. The molecule has 1 aromatic rings. The summed E-state index contributed by atoms with van der Waals surface area (Å²) in [5.74, 6) is 1.19. The summed E-state index contributed by atoms with van der Waals surface area (Å²) in [6.45, 7) is 14.9. The van der Waals surface area contributed by atoms with Gasteiger partial charge >= 0.3 is 0 Å². The fraction of sp³-hybridized carbons (Fsp3) is 0.810. The van der Waals surface area contributed by atoms with Gasteiger partial charge in [0.15, 0.2) is 0 Å². The van der Waals surface area contributed by atoms with Gasteiger partial charge in [-0.2, -0.15) is 0 Å². The average Bonchev–Trinajstić information content (AvgIpc) is 2.53. The highest BCUT2D eigenvalue weighted by atomic mass is 15.2. The third-order valence-electron chi connectivity index (χ3n) is 4.62. The molecule has 3 nitrogen and oxygen atoms in total. The van der Waals surface area contributed by atoms with Gasteiger partial charge in [0, 0.05) is 24.3 Å². The minimum Gasteiger partial charge on any atom is -0.353 e. The SMILES string of the molecule is CCCCc1cncnc1N(CCC(C)(C)C)C(CCC)CCC. The van der Waals surface area contributed by atoms with Gasteiger partial charge in [0.2, 0.25) is 0 Å². The van der Waals surface area contributed by atoms with Gasteiger partial charge in [-0.3, -0.25) is 0 Å². The van der Waals surface area contributed by atoms with E-state index in [4.69, 9.17) is 4.98 Å². The molecule has 0 aliphatic rings. The topological polar surface area (TPSA) is 29.0 Å². The van der Waals surface area contributed by atoms with Crippen molar-refractivity contribution in [2.75, 3.05) is 11.4 Å². The van der Waals surface area contributed by atoms with Crippen LogP contribution in [0, 0.1) is 5.41 Å². The molecule has 0 aromatic carbocycles. The van der Waals surface area contributed by atoms with Crippen molar-refractivity contribution in [3.63, 3.8) is 0 Å². The predicted molar refractivity (Wildman–Crippen MR) is 106 cm³/mol. The molecular weight excluding hydrogens is 294 g/mol. The Labute approximate surface area is 150 Å². The Kier molecular flexibility index (Phi) is 9.31. The highest BCUT2D eigenvalue weighted by Crippen LogP contribution is 2.28. The molecule has 0 amide bonds. The predicted octanol–water partition coefficient (Wildman–Crippen LogP) is 6.03. The van der Waals surface area contributed by atoms with Crippen LogP contribution in [0.5, 0.6) is 0 Å². The van der Waals surface area contributed by atoms with E-state index in [0.717, 1.165) is 13.0 Å². The molecule has 0 unspecified atom stereocenters. The van der Waals surface area contributed by atoms with Gasteiger partial charge in [-0.05, 0) is 37.5 Å². The van der Waals surface area contributed by atoms with Gasteiger partial charge in [0.1, 0.15) is 12.1 Å². The summed E-state index contributed by atoms with van der Waals surface area (Å²) in [5.41, 5.74) is 1.67. The summed E-state index contributed by atoms with van der Waals surface area (Å²) >= 11 is 0. The molecule has 0 spiro atoms. The van der Waals surface area contributed by atoms with Crippen molar-refractivity contribution in [3.8, 4) is 0 Å². The Bertz CT molecular complexity index is 445. The molecule has 0 saturated heterocycles. The second-order valence-corrected chi connectivity index (χ2v) is 8.21. The molecule has 0 aliphatic carbocycles. The number of aryl methyl sites for hydroxylation is 1. The summed E-state index contributed by atoms with van der Waals surface area (Å²) in [7, 11) is 0. The van der Waals surface area contributed by atoms with Crippen molar-refractivity contribution in [1.29, 1.82) is 0 Å². The maximum absolute atomic E-state index is 4.73. The fourth-order valence-electron chi connectivity index (χ4n) is 3.19. The van der Waals surface area contributed by atoms with Crippen LogP contribution in [0.15, 0.2) is 12.5 Å². The number of hydrogen-bond donors (Lipinski definition) is 0. The number of rotatable bonds is 11. The van der Waals surface area contributed by atoms with Crippen LogP contribution in [0.2, 0.25) is 0 Å². The highest BCUT2D eigenvalue weighted by molar-refractivity contribution is 5.46. The molecule has 0 bridgehead atoms. The van der Waals surface area contributed by atoms with Crippen LogP contribution >= 0.6 is 0 Å². The number of aromatic nitrogens is 2. The van der Waals surface area contributed by atoms with E-state index in [2.05, 4.69) is 51.4 Å². The molecule has 0 radical (unpaired) electrons. The van der Waals surface area contributed by atoms with Crippen molar-refractivity contribution in [3.05, 3.63) is 18.1 Å². The molecule has 0 fully saturated rings. The van der Waals surface area contributed by atoms with Gasteiger partial charge in [0.25, 0.3) is 0 Å². The smallest absolute Gasteiger partial charge is 0.135 e. The molecule has 1 heterocycles. The maximum Gasteiger partial charge on any atom is 0.135 e. The lowest BCUT2D eigenvalue weighted by molar-refractivity contribution is 0.364. The van der Waals surface area contributed by atoms with Crippen LogP contribution in [0.4, 0.5) is 5.82 Å². The van der Waals surface area contributed by atoms with Crippen LogP contribution < -0.4 is 4.90 Å². The Morgan fingerprint density at radius 3 is 2.25 bits per heavy atom. The number of anilines is 1. The van der Waals surface area contributed by atoms with Gasteiger partial charge in [-0.25, -0.2) is 9.97 Å². The zero-order valence-electron chi connectivity index (χ0n) is 16.9. The Morgan fingerprint density at radius 2 is 1.71 bits per heavy atom.